The van der Waals surface area contributed by atoms with Gasteiger partial charge in [0.15, 0.2) is 0 Å². The van der Waals surface area contributed by atoms with Crippen molar-refractivity contribution >= 4 is 24.5 Å². The van der Waals surface area contributed by atoms with E-state index in [9.17, 15) is 19.8 Å². The van der Waals surface area contributed by atoms with E-state index in [4.69, 9.17) is 4.74 Å². The Morgan fingerprint density at radius 2 is 1.31 bits per heavy atom. The number of thiol groups is 1. The molecule has 7 heteroatoms. The Kier molecular flexibility index (Phi) is 14.0. The molecule has 0 aliphatic heterocycles. The summed E-state index contributed by atoms with van der Waals surface area (Å²) in [6.07, 6.45) is 4.35. The molecule has 0 fully saturated rings. The normalized spacial score (nSPS) is 10.3. The van der Waals surface area contributed by atoms with E-state index < -0.39 is 0 Å². The number of unbranched alkanes of at least 4 members (excludes halogenated alkanes) is 1. The van der Waals surface area contributed by atoms with Crippen LogP contribution in [0.4, 0.5) is 0 Å². The van der Waals surface area contributed by atoms with Crippen molar-refractivity contribution in [2.45, 2.75) is 73.1 Å². The van der Waals surface area contributed by atoms with Crippen molar-refractivity contribution in [2.75, 3.05) is 18.9 Å². The molecular weight excluding hydrogens is 462 g/mol. The van der Waals surface area contributed by atoms with E-state index in [-0.39, 0.29) is 11.9 Å². The van der Waals surface area contributed by atoms with Gasteiger partial charge in [0.1, 0.15) is 18.1 Å². The topological polar surface area (TPSA) is 95.9 Å². The van der Waals surface area contributed by atoms with Gasteiger partial charge in [-0.3, -0.25) is 9.59 Å². The Hall–Kier alpha value is -2.67. The van der Waals surface area contributed by atoms with Gasteiger partial charge >= 0.3 is 5.97 Å². The maximum atomic E-state index is 11.6. The molecule has 0 bridgehead atoms. The Balaban J connectivity index is 0.000000351. The highest BCUT2D eigenvalue weighted by Crippen LogP contribution is 2.24. The van der Waals surface area contributed by atoms with Crippen LogP contribution in [-0.4, -0.2) is 41.0 Å². The van der Waals surface area contributed by atoms with Crippen molar-refractivity contribution in [3.63, 3.8) is 0 Å². The Morgan fingerprint density at radius 1 is 0.857 bits per heavy atom. The minimum Gasteiger partial charge on any atom is -0.507 e. The molecule has 0 aliphatic rings. The fourth-order valence-corrected chi connectivity index (χ4v) is 3.70. The van der Waals surface area contributed by atoms with Crippen molar-refractivity contribution < 1.29 is 24.5 Å². The molecule has 35 heavy (non-hydrogen) atoms. The van der Waals surface area contributed by atoms with Gasteiger partial charge in [0.05, 0.1) is 0 Å². The first-order chi connectivity index (χ1) is 16.6. The largest absolute Gasteiger partial charge is 0.507 e. The Morgan fingerprint density at radius 3 is 1.74 bits per heavy atom. The number of benzene rings is 2. The third-order valence-corrected chi connectivity index (χ3v) is 5.75. The zero-order valence-electron chi connectivity index (χ0n) is 21.7. The molecule has 0 heterocycles. The SMILES string of the molecule is CCCCNC(=O)CCc1cc(C)c(O)c(C)c1.Cc1cc(CCC(=O)OCCS)cc(C)c1O. The number of carbonyl (C=O) groups excluding carboxylic acids is 2. The van der Waals surface area contributed by atoms with Crippen LogP contribution in [0.2, 0.25) is 0 Å². The molecular formula is C28H41NO5S. The Labute approximate surface area is 215 Å². The summed E-state index contributed by atoms with van der Waals surface area (Å²) in [6.45, 7) is 10.7. The lowest BCUT2D eigenvalue weighted by atomic mass is 10.0. The molecule has 2 rings (SSSR count). The van der Waals surface area contributed by atoms with Crippen molar-refractivity contribution in [3.05, 3.63) is 57.6 Å². The fraction of sp³-hybridized carbons (Fsp3) is 0.500. The van der Waals surface area contributed by atoms with Gasteiger partial charge in [0.25, 0.3) is 0 Å². The van der Waals surface area contributed by atoms with Crippen molar-refractivity contribution in [1.82, 2.24) is 5.32 Å². The minimum atomic E-state index is -0.206. The van der Waals surface area contributed by atoms with Gasteiger partial charge in [-0.1, -0.05) is 37.6 Å². The summed E-state index contributed by atoms with van der Waals surface area (Å²) in [5.74, 6) is 1.12. The van der Waals surface area contributed by atoms with E-state index in [1.807, 2.05) is 52.0 Å². The second kappa shape index (κ2) is 16.1. The van der Waals surface area contributed by atoms with Crippen molar-refractivity contribution in [1.29, 1.82) is 0 Å². The fourth-order valence-electron chi connectivity index (χ4n) is 3.61. The van der Waals surface area contributed by atoms with E-state index in [1.54, 1.807) is 0 Å². The van der Waals surface area contributed by atoms with Crippen LogP contribution in [0.25, 0.3) is 0 Å². The number of aromatic hydroxyl groups is 2. The van der Waals surface area contributed by atoms with Gasteiger partial charge in [-0.05, 0) is 80.3 Å². The van der Waals surface area contributed by atoms with Crippen molar-refractivity contribution in [3.8, 4) is 11.5 Å². The molecule has 194 valence electrons. The molecule has 0 aliphatic carbocycles. The Bertz CT molecular complexity index is 928. The highest BCUT2D eigenvalue weighted by atomic mass is 32.1. The van der Waals surface area contributed by atoms with Gasteiger partial charge in [-0.2, -0.15) is 12.6 Å². The van der Waals surface area contributed by atoms with E-state index in [2.05, 4.69) is 24.9 Å². The van der Waals surface area contributed by atoms with Crippen LogP contribution in [0.1, 0.15) is 66.0 Å². The van der Waals surface area contributed by atoms with E-state index in [1.165, 1.54) is 0 Å². The van der Waals surface area contributed by atoms with Crippen LogP contribution < -0.4 is 5.32 Å². The zero-order chi connectivity index (χ0) is 26.4. The quantitative estimate of drug-likeness (QED) is 0.190. The summed E-state index contributed by atoms with van der Waals surface area (Å²) in [5.41, 5.74) is 5.56. The molecule has 3 N–H and O–H groups in total. The highest BCUT2D eigenvalue weighted by Gasteiger charge is 2.07. The molecule has 0 radical (unpaired) electrons. The summed E-state index contributed by atoms with van der Waals surface area (Å²) in [6, 6.07) is 7.69. The van der Waals surface area contributed by atoms with Crippen LogP contribution >= 0.6 is 12.6 Å². The second-order valence-electron chi connectivity index (χ2n) is 8.80. The molecule has 0 unspecified atom stereocenters. The van der Waals surface area contributed by atoms with Crippen LogP contribution in [-0.2, 0) is 27.2 Å². The first-order valence-electron chi connectivity index (χ1n) is 12.2. The number of phenols is 2. The smallest absolute Gasteiger partial charge is 0.306 e. The minimum absolute atomic E-state index is 0.104. The zero-order valence-corrected chi connectivity index (χ0v) is 22.6. The second-order valence-corrected chi connectivity index (χ2v) is 9.25. The van der Waals surface area contributed by atoms with E-state index in [0.29, 0.717) is 43.1 Å². The lowest BCUT2D eigenvalue weighted by Gasteiger charge is -2.08. The number of hydrogen-bond donors (Lipinski definition) is 4. The van der Waals surface area contributed by atoms with Gasteiger partial charge in [0.2, 0.25) is 5.91 Å². The van der Waals surface area contributed by atoms with Gasteiger partial charge < -0.3 is 20.3 Å². The molecule has 0 saturated carbocycles. The summed E-state index contributed by atoms with van der Waals surface area (Å²) in [7, 11) is 0. The molecule has 0 saturated heterocycles. The van der Waals surface area contributed by atoms with Gasteiger partial charge in [-0.15, -0.1) is 0 Å². The van der Waals surface area contributed by atoms with Crippen molar-refractivity contribution in [2.24, 2.45) is 0 Å². The average Bonchev–Trinajstić information content (AvgIpc) is 2.82. The number of amides is 1. The van der Waals surface area contributed by atoms with Crippen LogP contribution in [0, 0.1) is 27.7 Å². The standard InChI is InChI=1S/C15H23NO2.C13H18O3S/c1-4-5-8-16-14(17)7-6-13-9-11(2)15(18)12(3)10-13;1-9-7-11(8-10(2)13(9)15)3-4-12(14)16-5-6-17/h9-10,18H,4-8H2,1-3H3,(H,16,17);7-8,15,17H,3-6H2,1-2H3. The highest BCUT2D eigenvalue weighted by molar-refractivity contribution is 7.80. The van der Waals surface area contributed by atoms with Crippen LogP contribution in [0.15, 0.2) is 24.3 Å². The number of aryl methyl sites for hydroxylation is 6. The predicted octanol–water partition coefficient (Wildman–Crippen LogP) is 5.27. The molecule has 6 nitrogen and oxygen atoms in total. The third-order valence-electron chi connectivity index (χ3n) is 5.57. The van der Waals surface area contributed by atoms with Crippen LogP contribution in [0.3, 0.4) is 0 Å². The predicted molar refractivity (Wildman–Crippen MR) is 145 cm³/mol. The number of esters is 1. The molecule has 2 aromatic rings. The summed E-state index contributed by atoms with van der Waals surface area (Å²) >= 11 is 3.97. The number of phenolic OH excluding ortho intramolecular Hbond substituents is 2. The number of hydrogen-bond acceptors (Lipinski definition) is 6. The third kappa shape index (κ3) is 11.5. The maximum absolute atomic E-state index is 11.6. The van der Waals surface area contributed by atoms with Crippen LogP contribution in [0.5, 0.6) is 11.5 Å². The van der Waals surface area contributed by atoms with Gasteiger partial charge in [0, 0.05) is 25.1 Å². The molecule has 2 aromatic carbocycles. The number of carbonyl (C=O) groups is 2. The van der Waals surface area contributed by atoms with E-state index in [0.717, 1.165) is 59.2 Å². The molecule has 0 atom stereocenters. The maximum Gasteiger partial charge on any atom is 0.306 e. The average molecular weight is 504 g/mol. The number of ether oxygens (including phenoxy) is 1. The first-order valence-corrected chi connectivity index (χ1v) is 12.8. The first kappa shape index (κ1) is 30.4. The lowest BCUT2D eigenvalue weighted by molar-refractivity contribution is -0.142. The number of rotatable bonds is 11. The van der Waals surface area contributed by atoms with E-state index >= 15 is 0 Å². The molecule has 1 amide bonds. The lowest BCUT2D eigenvalue weighted by Crippen LogP contribution is -2.24. The van der Waals surface area contributed by atoms with Gasteiger partial charge in [-0.25, -0.2) is 0 Å². The summed E-state index contributed by atoms with van der Waals surface area (Å²) < 4.78 is 4.93. The monoisotopic (exact) mass is 503 g/mol. The summed E-state index contributed by atoms with van der Waals surface area (Å²) in [5, 5.41) is 22.2. The molecule has 0 spiro atoms. The number of nitrogens with one attached hydrogen (secondary N) is 1. The molecule has 0 aromatic heterocycles. The summed E-state index contributed by atoms with van der Waals surface area (Å²) in [4.78, 5) is 22.9.